The Morgan fingerprint density at radius 3 is 2.68 bits per heavy atom. The molecule has 1 saturated heterocycles. The lowest BCUT2D eigenvalue weighted by Crippen LogP contribution is -2.52. The fraction of sp³-hybridized carbons (Fsp3) is 0.375. The molecule has 2 aliphatic rings. The predicted molar refractivity (Wildman–Crippen MR) is 117 cm³/mol. The standard InChI is InChI=1S/C24H28N4O3/c25-19(12-16-4-2-1-3-5-16)10-11-26-14-17-6-7-18-15-28(24(31)20(18)13-17)21-8-9-22(29)27-23(21)30/h1-7,13,19,21,26H,8-12,14-15,25H2,(H,27,29,30). The molecule has 0 saturated carbocycles. The maximum absolute atomic E-state index is 12.9. The average Bonchev–Trinajstić information content (AvgIpc) is 3.08. The predicted octanol–water partition coefficient (Wildman–Crippen LogP) is 1.50. The smallest absolute Gasteiger partial charge is 0.255 e. The molecule has 0 aliphatic carbocycles. The number of amides is 3. The maximum Gasteiger partial charge on any atom is 0.255 e. The van der Waals surface area contributed by atoms with Crippen molar-refractivity contribution in [3.05, 3.63) is 70.8 Å². The van der Waals surface area contributed by atoms with Crippen molar-refractivity contribution in [2.45, 2.75) is 50.9 Å². The molecule has 7 nitrogen and oxygen atoms in total. The summed E-state index contributed by atoms with van der Waals surface area (Å²) in [4.78, 5) is 38.0. The zero-order valence-electron chi connectivity index (χ0n) is 17.5. The van der Waals surface area contributed by atoms with E-state index >= 15 is 0 Å². The second-order valence-electron chi connectivity index (χ2n) is 8.31. The van der Waals surface area contributed by atoms with E-state index in [2.05, 4.69) is 22.8 Å². The molecule has 0 radical (unpaired) electrons. The van der Waals surface area contributed by atoms with Gasteiger partial charge in [0.05, 0.1) is 0 Å². The summed E-state index contributed by atoms with van der Waals surface area (Å²) in [6.45, 7) is 1.85. The van der Waals surface area contributed by atoms with Crippen LogP contribution < -0.4 is 16.4 Å². The van der Waals surface area contributed by atoms with Crippen LogP contribution in [0.2, 0.25) is 0 Å². The number of fused-ring (bicyclic) bond motifs is 1. The van der Waals surface area contributed by atoms with Gasteiger partial charge in [0.1, 0.15) is 6.04 Å². The first-order valence-corrected chi connectivity index (χ1v) is 10.8. The van der Waals surface area contributed by atoms with E-state index in [9.17, 15) is 14.4 Å². The molecule has 2 aromatic carbocycles. The van der Waals surface area contributed by atoms with Crippen molar-refractivity contribution in [2.24, 2.45) is 5.73 Å². The van der Waals surface area contributed by atoms with Gasteiger partial charge in [0.15, 0.2) is 0 Å². The van der Waals surface area contributed by atoms with E-state index in [4.69, 9.17) is 5.73 Å². The molecule has 2 aromatic rings. The fourth-order valence-electron chi connectivity index (χ4n) is 4.25. The van der Waals surface area contributed by atoms with Crippen molar-refractivity contribution in [1.82, 2.24) is 15.5 Å². The molecule has 31 heavy (non-hydrogen) atoms. The molecule has 2 unspecified atom stereocenters. The van der Waals surface area contributed by atoms with Crippen molar-refractivity contribution in [3.63, 3.8) is 0 Å². The van der Waals surface area contributed by atoms with E-state index in [0.29, 0.717) is 25.1 Å². The topological polar surface area (TPSA) is 105 Å². The molecule has 3 amide bonds. The molecule has 1 fully saturated rings. The fourth-order valence-corrected chi connectivity index (χ4v) is 4.25. The van der Waals surface area contributed by atoms with Crippen molar-refractivity contribution in [1.29, 1.82) is 0 Å². The Bertz CT molecular complexity index is 976. The van der Waals surface area contributed by atoms with Crippen molar-refractivity contribution in [2.75, 3.05) is 6.54 Å². The molecule has 4 N–H and O–H groups in total. The van der Waals surface area contributed by atoms with Gasteiger partial charge < -0.3 is 16.0 Å². The average molecular weight is 421 g/mol. The van der Waals surface area contributed by atoms with Gasteiger partial charge in [-0.05, 0) is 48.6 Å². The lowest BCUT2D eigenvalue weighted by molar-refractivity contribution is -0.136. The summed E-state index contributed by atoms with van der Waals surface area (Å²) in [6.07, 6.45) is 2.36. The minimum Gasteiger partial charge on any atom is -0.327 e. The number of nitrogens with two attached hydrogens (primary N) is 1. The van der Waals surface area contributed by atoms with Crippen LogP contribution >= 0.6 is 0 Å². The molecule has 0 aromatic heterocycles. The second-order valence-corrected chi connectivity index (χ2v) is 8.31. The van der Waals surface area contributed by atoms with Gasteiger partial charge in [-0.15, -0.1) is 0 Å². The molecule has 4 rings (SSSR count). The number of hydrogen-bond acceptors (Lipinski definition) is 5. The largest absolute Gasteiger partial charge is 0.327 e. The highest BCUT2D eigenvalue weighted by Gasteiger charge is 2.39. The minimum absolute atomic E-state index is 0.0959. The zero-order valence-corrected chi connectivity index (χ0v) is 17.5. The van der Waals surface area contributed by atoms with Crippen molar-refractivity contribution in [3.8, 4) is 0 Å². The van der Waals surface area contributed by atoms with Crippen LogP contribution in [0.3, 0.4) is 0 Å². The molecule has 0 spiro atoms. The van der Waals surface area contributed by atoms with Gasteiger partial charge >= 0.3 is 0 Å². The van der Waals surface area contributed by atoms with Gasteiger partial charge in [0.25, 0.3) is 5.91 Å². The number of hydrogen-bond donors (Lipinski definition) is 3. The molecule has 7 heteroatoms. The Balaban J connectivity index is 1.28. The lowest BCUT2D eigenvalue weighted by atomic mass is 10.0. The first kappa shape index (κ1) is 21.2. The number of benzene rings is 2. The Hall–Kier alpha value is -3.03. The number of rotatable bonds is 8. The van der Waals surface area contributed by atoms with Crippen molar-refractivity contribution >= 4 is 17.7 Å². The third kappa shape index (κ3) is 5.00. The monoisotopic (exact) mass is 420 g/mol. The number of nitrogens with zero attached hydrogens (tertiary/aromatic N) is 1. The van der Waals surface area contributed by atoms with Crippen LogP contribution in [0.15, 0.2) is 48.5 Å². The summed E-state index contributed by atoms with van der Waals surface area (Å²) in [6, 6.07) is 15.6. The Kier molecular flexibility index (Phi) is 6.44. The van der Waals surface area contributed by atoms with E-state index in [0.717, 1.165) is 30.5 Å². The third-order valence-corrected chi connectivity index (χ3v) is 5.95. The third-order valence-electron chi connectivity index (χ3n) is 5.95. The van der Waals surface area contributed by atoms with Gasteiger partial charge in [0, 0.05) is 31.1 Å². The molecule has 2 aliphatic heterocycles. The molecule has 2 atom stereocenters. The summed E-state index contributed by atoms with van der Waals surface area (Å²) in [5, 5.41) is 5.74. The molecule has 2 heterocycles. The lowest BCUT2D eigenvalue weighted by Gasteiger charge is -2.29. The van der Waals surface area contributed by atoms with Crippen LogP contribution in [0.5, 0.6) is 0 Å². The Morgan fingerprint density at radius 2 is 1.90 bits per heavy atom. The summed E-state index contributed by atoms with van der Waals surface area (Å²) in [5.74, 6) is -0.801. The highest BCUT2D eigenvalue weighted by molar-refractivity contribution is 6.05. The van der Waals surface area contributed by atoms with Crippen LogP contribution in [0.25, 0.3) is 0 Å². The van der Waals surface area contributed by atoms with Crippen LogP contribution in [-0.2, 0) is 29.1 Å². The molecule has 162 valence electrons. The quantitative estimate of drug-likeness (QED) is 0.443. The number of piperidine rings is 1. The summed E-state index contributed by atoms with van der Waals surface area (Å²) in [7, 11) is 0. The summed E-state index contributed by atoms with van der Waals surface area (Å²) >= 11 is 0. The molecule has 0 bridgehead atoms. The molecular weight excluding hydrogens is 392 g/mol. The Labute approximate surface area is 182 Å². The van der Waals surface area contributed by atoms with E-state index in [-0.39, 0.29) is 30.2 Å². The van der Waals surface area contributed by atoms with Crippen molar-refractivity contribution < 1.29 is 14.4 Å². The summed E-state index contributed by atoms with van der Waals surface area (Å²) in [5.41, 5.74) is 10.1. The highest BCUT2D eigenvalue weighted by Crippen LogP contribution is 2.28. The van der Waals surface area contributed by atoms with Crippen LogP contribution in [0, 0.1) is 0 Å². The van der Waals surface area contributed by atoms with Gasteiger partial charge in [-0.1, -0.05) is 42.5 Å². The maximum atomic E-state index is 12.9. The first-order valence-electron chi connectivity index (χ1n) is 10.8. The van der Waals surface area contributed by atoms with E-state index < -0.39 is 6.04 Å². The summed E-state index contributed by atoms with van der Waals surface area (Å²) < 4.78 is 0. The van der Waals surface area contributed by atoms with E-state index in [1.54, 1.807) is 4.90 Å². The zero-order chi connectivity index (χ0) is 21.8. The Morgan fingerprint density at radius 1 is 1.10 bits per heavy atom. The molecular formula is C24H28N4O3. The van der Waals surface area contributed by atoms with E-state index in [1.165, 1.54) is 5.56 Å². The SMILES string of the molecule is NC(CCNCc1ccc2c(c1)C(=O)N(C1CCC(=O)NC1=O)C2)Cc1ccccc1. The second kappa shape index (κ2) is 9.41. The van der Waals surface area contributed by atoms with Gasteiger partial charge in [0.2, 0.25) is 11.8 Å². The van der Waals surface area contributed by atoms with E-state index in [1.807, 2.05) is 36.4 Å². The minimum atomic E-state index is -0.578. The number of carbonyl (C=O) groups is 3. The van der Waals surface area contributed by atoms with Crippen LogP contribution in [-0.4, -0.2) is 41.2 Å². The number of carbonyl (C=O) groups excluding carboxylic acids is 3. The van der Waals surface area contributed by atoms with Gasteiger partial charge in [-0.2, -0.15) is 0 Å². The van der Waals surface area contributed by atoms with Crippen LogP contribution in [0.4, 0.5) is 0 Å². The van der Waals surface area contributed by atoms with Crippen LogP contribution in [0.1, 0.15) is 46.3 Å². The number of imide groups is 1. The van der Waals surface area contributed by atoms with Gasteiger partial charge in [-0.25, -0.2) is 0 Å². The number of nitrogens with one attached hydrogen (secondary N) is 2. The van der Waals surface area contributed by atoms with Gasteiger partial charge in [-0.3, -0.25) is 19.7 Å². The highest BCUT2D eigenvalue weighted by atomic mass is 16.2. The first-order chi connectivity index (χ1) is 15.0. The normalized spacial score (nSPS) is 19.3.